The van der Waals surface area contributed by atoms with Gasteiger partial charge in [-0.25, -0.2) is 0 Å². The highest BCUT2D eigenvalue weighted by atomic mass is 35.5. The Balaban J connectivity index is 2.17. The van der Waals surface area contributed by atoms with Gasteiger partial charge in [0.2, 0.25) is 5.13 Å². The Hall–Kier alpha value is -1.17. The Bertz CT molecular complexity index is 670. The second-order valence-corrected chi connectivity index (χ2v) is 7.05. The molecule has 0 spiro atoms. The summed E-state index contributed by atoms with van der Waals surface area (Å²) in [6.45, 7) is 6.28. The van der Waals surface area contributed by atoms with Crippen LogP contribution in [0.4, 0.5) is 5.13 Å². The average Bonchev–Trinajstić information content (AvgIpc) is 2.87. The molecule has 0 saturated heterocycles. The zero-order valence-corrected chi connectivity index (χ0v) is 14.2. The summed E-state index contributed by atoms with van der Waals surface area (Å²) in [6, 6.07) is 4.73. The average molecular weight is 344 g/mol. The van der Waals surface area contributed by atoms with Crippen molar-refractivity contribution in [1.29, 1.82) is 0 Å². The topological polar surface area (TPSA) is 54.9 Å². The number of rotatable bonds is 4. The van der Waals surface area contributed by atoms with Gasteiger partial charge in [0.1, 0.15) is 5.01 Å². The van der Waals surface area contributed by atoms with Gasteiger partial charge in [-0.2, -0.15) is 0 Å². The maximum atomic E-state index is 12.2. The molecule has 1 heterocycles. The molecule has 112 valence electrons. The van der Waals surface area contributed by atoms with E-state index in [1.54, 1.807) is 12.1 Å². The van der Waals surface area contributed by atoms with Crippen LogP contribution in [-0.4, -0.2) is 16.1 Å². The molecule has 0 aliphatic heterocycles. The van der Waals surface area contributed by atoms with E-state index < -0.39 is 0 Å². The van der Waals surface area contributed by atoms with Crippen LogP contribution < -0.4 is 5.32 Å². The summed E-state index contributed by atoms with van der Waals surface area (Å²) < 4.78 is 0. The number of benzene rings is 1. The van der Waals surface area contributed by atoms with Crippen molar-refractivity contribution in [3.8, 4) is 0 Å². The van der Waals surface area contributed by atoms with Crippen LogP contribution in [0.2, 0.25) is 10.0 Å². The fraction of sp³-hybridized carbons (Fsp3) is 0.357. The molecule has 4 nitrogen and oxygen atoms in total. The third-order valence-electron chi connectivity index (χ3n) is 3.28. The number of nitrogens with zero attached hydrogens (tertiary/aromatic N) is 2. The lowest BCUT2D eigenvalue weighted by atomic mass is 9.91. The lowest BCUT2D eigenvalue weighted by molar-refractivity contribution is 0.102. The molecule has 7 heteroatoms. The van der Waals surface area contributed by atoms with Crippen molar-refractivity contribution in [2.24, 2.45) is 0 Å². The zero-order chi connectivity index (χ0) is 15.6. The number of aromatic nitrogens is 2. The molecule has 21 heavy (non-hydrogen) atoms. The third kappa shape index (κ3) is 3.73. The molecule has 0 unspecified atom stereocenters. The van der Waals surface area contributed by atoms with E-state index in [1.807, 2.05) is 0 Å². The fourth-order valence-corrected chi connectivity index (χ4v) is 2.94. The van der Waals surface area contributed by atoms with Crippen LogP contribution in [0, 0.1) is 0 Å². The molecule has 0 atom stereocenters. The summed E-state index contributed by atoms with van der Waals surface area (Å²) in [6.07, 6.45) is 0.943. The van der Waals surface area contributed by atoms with Crippen molar-refractivity contribution in [2.45, 2.75) is 32.6 Å². The normalized spacial score (nSPS) is 11.5. The highest BCUT2D eigenvalue weighted by molar-refractivity contribution is 7.15. The van der Waals surface area contributed by atoms with Crippen LogP contribution in [0.3, 0.4) is 0 Å². The van der Waals surface area contributed by atoms with E-state index in [0.29, 0.717) is 20.7 Å². The molecule has 0 bridgehead atoms. The lowest BCUT2D eigenvalue weighted by Gasteiger charge is -2.17. The number of anilines is 1. The summed E-state index contributed by atoms with van der Waals surface area (Å²) in [5.74, 6) is -0.325. The molecule has 2 aromatic rings. The first-order valence-electron chi connectivity index (χ1n) is 6.44. The van der Waals surface area contributed by atoms with Crippen LogP contribution in [0.1, 0.15) is 42.6 Å². The van der Waals surface area contributed by atoms with E-state index in [2.05, 4.69) is 36.3 Å². The Labute approximate surface area is 137 Å². The molecule has 1 aromatic heterocycles. The summed E-state index contributed by atoms with van der Waals surface area (Å²) in [7, 11) is 0. The number of hydrogen-bond acceptors (Lipinski definition) is 4. The molecule has 0 radical (unpaired) electrons. The minimum atomic E-state index is -0.325. The van der Waals surface area contributed by atoms with E-state index in [0.717, 1.165) is 11.4 Å². The second-order valence-electron chi connectivity index (χ2n) is 5.23. The molecular weight excluding hydrogens is 329 g/mol. The van der Waals surface area contributed by atoms with Gasteiger partial charge in [0.25, 0.3) is 5.91 Å². The SMILES string of the molecule is CCC(C)(C)c1nnc(NC(=O)c2ccc(Cl)cc2Cl)s1. The van der Waals surface area contributed by atoms with Crippen LogP contribution in [0.5, 0.6) is 0 Å². The molecule has 1 N–H and O–H groups in total. The van der Waals surface area contributed by atoms with Crippen LogP contribution >= 0.6 is 34.5 Å². The minimum Gasteiger partial charge on any atom is -0.296 e. The molecular formula is C14H15Cl2N3OS. The molecule has 0 aliphatic rings. The van der Waals surface area contributed by atoms with Crippen molar-refractivity contribution in [3.05, 3.63) is 38.8 Å². The van der Waals surface area contributed by atoms with Gasteiger partial charge in [-0.15, -0.1) is 10.2 Å². The first-order valence-corrected chi connectivity index (χ1v) is 8.01. The second kappa shape index (κ2) is 6.30. The standard InChI is InChI=1S/C14H15Cl2N3OS/c1-4-14(2,3)12-18-19-13(21-12)17-11(20)9-6-5-8(15)7-10(9)16/h5-7H,4H2,1-3H3,(H,17,19,20). The van der Waals surface area contributed by atoms with E-state index in [4.69, 9.17) is 23.2 Å². The van der Waals surface area contributed by atoms with Gasteiger partial charge in [0.15, 0.2) is 0 Å². The Morgan fingerprint density at radius 2 is 2.05 bits per heavy atom. The predicted molar refractivity (Wildman–Crippen MR) is 87.6 cm³/mol. The summed E-state index contributed by atoms with van der Waals surface area (Å²) in [5, 5.41) is 13.0. The van der Waals surface area contributed by atoms with E-state index in [-0.39, 0.29) is 11.3 Å². The first-order chi connectivity index (χ1) is 9.83. The largest absolute Gasteiger partial charge is 0.296 e. The van der Waals surface area contributed by atoms with E-state index >= 15 is 0 Å². The number of carbonyl (C=O) groups is 1. The summed E-state index contributed by atoms with van der Waals surface area (Å²) in [4.78, 5) is 12.2. The van der Waals surface area contributed by atoms with Crippen molar-refractivity contribution >= 4 is 45.6 Å². The van der Waals surface area contributed by atoms with Crippen molar-refractivity contribution < 1.29 is 4.79 Å². The van der Waals surface area contributed by atoms with Crippen LogP contribution in [0.25, 0.3) is 0 Å². The van der Waals surface area contributed by atoms with Gasteiger partial charge < -0.3 is 0 Å². The molecule has 0 saturated carbocycles. The first kappa shape index (κ1) is 16.2. The molecule has 2 rings (SSSR count). The number of nitrogens with one attached hydrogen (secondary N) is 1. The monoisotopic (exact) mass is 343 g/mol. The molecule has 1 aromatic carbocycles. The van der Waals surface area contributed by atoms with Gasteiger partial charge in [-0.1, -0.05) is 55.3 Å². The summed E-state index contributed by atoms with van der Waals surface area (Å²) >= 11 is 13.2. The summed E-state index contributed by atoms with van der Waals surface area (Å²) in [5.41, 5.74) is 0.297. The van der Waals surface area contributed by atoms with Crippen LogP contribution in [0.15, 0.2) is 18.2 Å². The Morgan fingerprint density at radius 3 is 2.67 bits per heavy atom. The number of halogens is 2. The fourth-order valence-electron chi connectivity index (χ4n) is 1.54. The zero-order valence-electron chi connectivity index (χ0n) is 11.9. The quantitative estimate of drug-likeness (QED) is 0.868. The highest BCUT2D eigenvalue weighted by Crippen LogP contribution is 2.31. The number of amides is 1. The van der Waals surface area contributed by atoms with E-state index in [9.17, 15) is 4.79 Å². The highest BCUT2D eigenvalue weighted by Gasteiger charge is 2.24. The number of carbonyl (C=O) groups excluding carboxylic acids is 1. The lowest BCUT2D eigenvalue weighted by Crippen LogP contribution is -2.14. The molecule has 1 amide bonds. The molecule has 0 fully saturated rings. The minimum absolute atomic E-state index is 0.0570. The Kier molecular flexibility index (Phi) is 4.86. The van der Waals surface area contributed by atoms with Crippen LogP contribution in [-0.2, 0) is 5.41 Å². The van der Waals surface area contributed by atoms with Crippen molar-refractivity contribution in [1.82, 2.24) is 10.2 Å². The van der Waals surface area contributed by atoms with Gasteiger partial charge in [0, 0.05) is 10.4 Å². The van der Waals surface area contributed by atoms with Gasteiger partial charge in [0.05, 0.1) is 10.6 Å². The van der Waals surface area contributed by atoms with Gasteiger partial charge in [-0.3, -0.25) is 10.1 Å². The van der Waals surface area contributed by atoms with E-state index in [1.165, 1.54) is 17.4 Å². The maximum Gasteiger partial charge on any atom is 0.259 e. The third-order valence-corrected chi connectivity index (χ3v) is 5.04. The van der Waals surface area contributed by atoms with Crippen molar-refractivity contribution in [3.63, 3.8) is 0 Å². The predicted octanol–water partition coefficient (Wildman–Crippen LogP) is 4.78. The Morgan fingerprint density at radius 1 is 1.33 bits per heavy atom. The van der Waals surface area contributed by atoms with Gasteiger partial charge >= 0.3 is 0 Å². The number of hydrogen-bond donors (Lipinski definition) is 1. The smallest absolute Gasteiger partial charge is 0.259 e. The molecule has 0 aliphatic carbocycles. The van der Waals surface area contributed by atoms with Crippen molar-refractivity contribution in [2.75, 3.05) is 5.32 Å². The maximum absolute atomic E-state index is 12.2. The van der Waals surface area contributed by atoms with Gasteiger partial charge in [-0.05, 0) is 24.6 Å².